The van der Waals surface area contributed by atoms with Crippen molar-refractivity contribution >= 4 is 151 Å². The number of hydrogen-bond acceptors (Lipinski definition) is 0. The second-order valence-corrected chi connectivity index (χ2v) is 26.1. The minimum Gasteiger partial charge on any atom is -0.0683 e. The number of fused-ring (bicyclic) bond motifs is 18. The molecule has 103 heavy (non-hydrogen) atoms. The highest BCUT2D eigenvalue weighted by molar-refractivity contribution is 6.20. The van der Waals surface area contributed by atoms with Crippen molar-refractivity contribution in [1.82, 2.24) is 0 Å². The molecule has 504 valence electrons. The first-order valence-corrected chi connectivity index (χ1v) is 36.8. The monoisotopic (exact) mass is 1330 g/mol. The summed E-state index contributed by atoms with van der Waals surface area (Å²) in [7, 11) is 0. The molecule has 0 bridgehead atoms. The van der Waals surface area contributed by atoms with Crippen LogP contribution in [0.2, 0.25) is 0 Å². The van der Waals surface area contributed by atoms with E-state index in [4.69, 9.17) is 0 Å². The normalized spacial score (nSPS) is 10.7. The zero-order valence-electron chi connectivity index (χ0n) is 61.1. The summed E-state index contributed by atoms with van der Waals surface area (Å²) in [6.07, 6.45) is 2.50. The molecule has 0 nitrogen and oxygen atoms in total. The van der Waals surface area contributed by atoms with Crippen molar-refractivity contribution < 1.29 is 0 Å². The molecule has 0 heteroatoms. The highest BCUT2D eigenvalue weighted by atomic mass is 14.1. The van der Waals surface area contributed by atoms with E-state index in [1.807, 2.05) is 13.8 Å². The molecule has 20 aromatic carbocycles. The third kappa shape index (κ3) is 16.1. The molecule has 0 spiro atoms. The lowest BCUT2D eigenvalue weighted by atomic mass is 9.97. The third-order valence-electron chi connectivity index (χ3n) is 19.0. The Morgan fingerprint density at radius 2 is 0.301 bits per heavy atom. The zero-order valence-corrected chi connectivity index (χ0v) is 61.1. The van der Waals surface area contributed by atoms with E-state index in [1.165, 1.54) is 180 Å². The highest BCUT2D eigenvalue weighted by Crippen LogP contribution is 2.35. The summed E-state index contributed by atoms with van der Waals surface area (Å²) in [6.45, 7) is 19.1. The van der Waals surface area contributed by atoms with Gasteiger partial charge < -0.3 is 0 Å². The Hall–Kier alpha value is -12.0. The molecule has 0 saturated carbocycles. The molecule has 0 radical (unpaired) electrons. The maximum absolute atomic E-state index is 2.30. The maximum atomic E-state index is 2.30. The minimum absolute atomic E-state index is 1.25. The van der Waals surface area contributed by atoms with Crippen LogP contribution in [0.1, 0.15) is 71.1 Å². The Bertz CT molecular complexity index is 5660. The summed E-state index contributed by atoms with van der Waals surface area (Å²) in [6, 6.07) is 132. The van der Waals surface area contributed by atoms with Crippen LogP contribution >= 0.6 is 0 Å². The predicted octanol–water partition coefficient (Wildman–Crippen LogP) is 31.0. The topological polar surface area (TPSA) is 0 Å². The quantitative estimate of drug-likeness (QED) is 0.105. The number of aryl methyl sites for hydroxylation is 3. The molecule has 0 aliphatic carbocycles. The average Bonchev–Trinajstić information content (AvgIpc) is 0.757. The predicted molar refractivity (Wildman–Crippen MR) is 461 cm³/mol. The van der Waals surface area contributed by atoms with E-state index in [0.29, 0.717) is 0 Å². The van der Waals surface area contributed by atoms with Gasteiger partial charge in [0.1, 0.15) is 0 Å². The molecule has 0 atom stereocenters. The Morgan fingerprint density at radius 3 is 0.573 bits per heavy atom. The highest BCUT2D eigenvalue weighted by Gasteiger charge is 2.08. The molecule has 0 N–H and O–H groups in total. The lowest BCUT2D eigenvalue weighted by Crippen LogP contribution is -1.81. The van der Waals surface area contributed by atoms with E-state index in [1.54, 1.807) is 0 Å². The van der Waals surface area contributed by atoms with E-state index in [-0.39, 0.29) is 0 Å². The van der Waals surface area contributed by atoms with Crippen LogP contribution in [-0.2, 0) is 0 Å². The van der Waals surface area contributed by atoms with Gasteiger partial charge in [-0.1, -0.05) is 394 Å². The van der Waals surface area contributed by atoms with E-state index in [9.17, 15) is 0 Å². The van der Waals surface area contributed by atoms with Gasteiger partial charge in [-0.3, -0.25) is 0 Å². The van der Waals surface area contributed by atoms with Crippen molar-refractivity contribution in [2.75, 3.05) is 0 Å². The van der Waals surface area contributed by atoms with Crippen molar-refractivity contribution in [2.45, 2.75) is 75.2 Å². The van der Waals surface area contributed by atoms with E-state index in [0.717, 1.165) is 0 Å². The molecule has 0 heterocycles. The Balaban J connectivity index is 0.000000114. The molecule has 20 rings (SSSR count). The van der Waals surface area contributed by atoms with Crippen LogP contribution < -0.4 is 0 Å². The van der Waals surface area contributed by atoms with Gasteiger partial charge in [0.05, 0.1) is 0 Å². The first-order valence-electron chi connectivity index (χ1n) is 36.8. The van der Waals surface area contributed by atoms with Crippen molar-refractivity contribution in [3.63, 3.8) is 0 Å². The van der Waals surface area contributed by atoms with Gasteiger partial charge in [-0.25, -0.2) is 0 Å². The Morgan fingerprint density at radius 1 is 0.146 bits per heavy atom. The fraction of sp³-hybridized carbons (Fsp3) is 0.107. The standard InChI is InChI=1S/2C18H12.3C15H12.C14H10.2C3H8.C2H6/c1-3-7-16-13(5-1)9-11-15-12-10-14-6-2-4-8-17(14)18(15)16;1-2-7-15-12-18-16(11-14(15)6-1)10-9-13-5-3-4-8-17(13)18;3*1-11-14-8-4-2-6-12(14)10-13-7-3-5-9-15(11)13;1-3-7-13-11(5-1)9-10-12-6-2-4-8-14(12)13;2*1-3-2;1-2/h2*1-12H;3*2-10H,1H3;1-10H;2*3H2,1-2H3;1-2H3. The first kappa shape index (κ1) is 70.9. The van der Waals surface area contributed by atoms with Gasteiger partial charge in [0, 0.05) is 0 Å². The second-order valence-electron chi connectivity index (χ2n) is 26.1. The molecule has 0 fully saturated rings. The van der Waals surface area contributed by atoms with Gasteiger partial charge in [-0.15, -0.1) is 0 Å². The summed E-state index contributed by atoms with van der Waals surface area (Å²) in [5.41, 5.74) is 4.14. The molecule has 0 unspecified atom stereocenters. The van der Waals surface area contributed by atoms with Crippen LogP contribution in [0, 0.1) is 20.8 Å². The van der Waals surface area contributed by atoms with Gasteiger partial charge in [0.25, 0.3) is 0 Å². The van der Waals surface area contributed by atoms with Crippen LogP contribution in [0.4, 0.5) is 0 Å². The minimum atomic E-state index is 1.25. The SMILES string of the molecule is CC.CCC.CCC.Cc1c2ccccc2cc2ccccc12.Cc1c2ccccc2cc2ccccc12.Cc1c2ccccc2cc2ccccc12.c1ccc2c(c1)ccc1ccc3ccccc3c12.c1ccc2c(c1)ccc1ccccc12.c1ccc2cc3c(ccc4ccccc43)cc2c1. The summed E-state index contributed by atoms with van der Waals surface area (Å²) < 4.78 is 0. The van der Waals surface area contributed by atoms with Crippen LogP contribution in [-0.4, -0.2) is 0 Å². The van der Waals surface area contributed by atoms with Crippen molar-refractivity contribution in [3.8, 4) is 0 Å². The van der Waals surface area contributed by atoms with Gasteiger partial charge in [-0.05, 0) is 219 Å². The summed E-state index contributed by atoms with van der Waals surface area (Å²) in [5.74, 6) is 0. The summed E-state index contributed by atoms with van der Waals surface area (Å²) in [5, 5.41) is 37.3. The van der Waals surface area contributed by atoms with Gasteiger partial charge in [-0.2, -0.15) is 0 Å². The smallest absolute Gasteiger partial charge is 0.00268 e. The molecule has 0 amide bonds. The third-order valence-corrected chi connectivity index (χ3v) is 19.0. The van der Waals surface area contributed by atoms with E-state index < -0.39 is 0 Å². The van der Waals surface area contributed by atoms with Gasteiger partial charge in [0.2, 0.25) is 0 Å². The second kappa shape index (κ2) is 34.4. The molecule has 0 aromatic heterocycles. The first-order chi connectivity index (χ1) is 50.7. The average molecular weight is 1330 g/mol. The van der Waals surface area contributed by atoms with E-state index >= 15 is 0 Å². The molecule has 0 aliphatic rings. The lowest BCUT2D eigenvalue weighted by molar-refractivity contribution is 1.09. The van der Waals surface area contributed by atoms with Crippen molar-refractivity contribution in [1.29, 1.82) is 0 Å². The van der Waals surface area contributed by atoms with Crippen LogP contribution in [0.5, 0.6) is 0 Å². The Labute approximate surface area is 608 Å². The number of rotatable bonds is 0. The van der Waals surface area contributed by atoms with Crippen molar-refractivity contribution in [2.24, 2.45) is 0 Å². The number of hydrogen-bond donors (Lipinski definition) is 0. The molecular formula is C103H92. The van der Waals surface area contributed by atoms with Gasteiger partial charge in [0.15, 0.2) is 0 Å². The molecular weight excluding hydrogens is 1240 g/mol. The van der Waals surface area contributed by atoms with Gasteiger partial charge >= 0.3 is 0 Å². The zero-order chi connectivity index (χ0) is 71.4. The van der Waals surface area contributed by atoms with E-state index in [2.05, 4.69) is 419 Å². The fourth-order valence-corrected chi connectivity index (χ4v) is 14.2. The van der Waals surface area contributed by atoms with Crippen LogP contribution in [0.3, 0.4) is 0 Å². The fourth-order valence-electron chi connectivity index (χ4n) is 14.2. The number of benzene rings is 20. The lowest BCUT2D eigenvalue weighted by Gasteiger charge is -2.07. The molecule has 20 aromatic rings. The largest absolute Gasteiger partial charge is 0.0683 e. The van der Waals surface area contributed by atoms with Crippen LogP contribution in [0.15, 0.2) is 370 Å². The van der Waals surface area contributed by atoms with Crippen molar-refractivity contribution in [3.05, 3.63) is 387 Å². The summed E-state index contributed by atoms with van der Waals surface area (Å²) in [4.78, 5) is 0. The Kier molecular flexibility index (Phi) is 23.7. The molecule has 0 saturated heterocycles. The molecule has 0 aliphatic heterocycles. The van der Waals surface area contributed by atoms with Crippen LogP contribution in [0.25, 0.3) is 151 Å². The summed E-state index contributed by atoms with van der Waals surface area (Å²) >= 11 is 0. The maximum Gasteiger partial charge on any atom is -0.00268 e.